The van der Waals surface area contributed by atoms with Gasteiger partial charge in [0.15, 0.2) is 5.65 Å². The first kappa shape index (κ1) is 11.3. The summed E-state index contributed by atoms with van der Waals surface area (Å²) >= 11 is 0. The highest BCUT2D eigenvalue weighted by molar-refractivity contribution is 5.48. The summed E-state index contributed by atoms with van der Waals surface area (Å²) in [6, 6.07) is 2.25. The van der Waals surface area contributed by atoms with Crippen LogP contribution < -0.4 is 11.0 Å². The lowest BCUT2D eigenvalue weighted by Gasteiger charge is -2.18. The number of fused-ring (bicyclic) bond motifs is 1. The molecule has 1 fully saturated rings. The van der Waals surface area contributed by atoms with Gasteiger partial charge in [-0.3, -0.25) is 0 Å². The lowest BCUT2D eigenvalue weighted by atomic mass is 9.92. The standard InChI is InChI=1S/C12H17N5O/c1-12(2)4-3-8(6-12)14-9-5-10-15-16-11(18)17(10)7-13-9/h5,7-8,14H,3-4,6H2,1-2H3,(H,16,18). The fourth-order valence-corrected chi connectivity index (χ4v) is 2.66. The van der Waals surface area contributed by atoms with Crippen molar-refractivity contribution < 1.29 is 0 Å². The van der Waals surface area contributed by atoms with Gasteiger partial charge in [0.2, 0.25) is 0 Å². The fourth-order valence-electron chi connectivity index (χ4n) is 2.66. The van der Waals surface area contributed by atoms with Crippen LogP contribution >= 0.6 is 0 Å². The van der Waals surface area contributed by atoms with Crippen molar-refractivity contribution in [1.82, 2.24) is 19.6 Å². The van der Waals surface area contributed by atoms with Crippen molar-refractivity contribution in [2.75, 3.05) is 5.32 Å². The van der Waals surface area contributed by atoms with Gasteiger partial charge in [-0.15, -0.1) is 0 Å². The Labute approximate surface area is 104 Å². The maximum absolute atomic E-state index is 11.3. The molecule has 2 heterocycles. The Morgan fingerprint density at radius 3 is 3.11 bits per heavy atom. The molecule has 1 aliphatic carbocycles. The van der Waals surface area contributed by atoms with Crippen LogP contribution in [0.3, 0.4) is 0 Å². The molecule has 0 spiro atoms. The molecule has 18 heavy (non-hydrogen) atoms. The molecule has 1 aliphatic rings. The van der Waals surface area contributed by atoms with E-state index in [4.69, 9.17) is 0 Å². The molecule has 0 aromatic carbocycles. The van der Waals surface area contributed by atoms with Crippen molar-refractivity contribution in [3.05, 3.63) is 22.9 Å². The van der Waals surface area contributed by atoms with E-state index in [9.17, 15) is 4.79 Å². The molecular formula is C12H17N5O. The highest BCUT2D eigenvalue weighted by Crippen LogP contribution is 2.38. The van der Waals surface area contributed by atoms with Crippen LogP contribution in [0.15, 0.2) is 17.2 Å². The van der Waals surface area contributed by atoms with Crippen LogP contribution in [0.25, 0.3) is 5.65 Å². The zero-order valence-corrected chi connectivity index (χ0v) is 10.6. The molecule has 0 saturated heterocycles. The normalized spacial score (nSPS) is 22.4. The highest BCUT2D eigenvalue weighted by atomic mass is 16.1. The zero-order valence-electron chi connectivity index (χ0n) is 10.6. The van der Waals surface area contributed by atoms with Crippen molar-refractivity contribution in [2.24, 2.45) is 5.41 Å². The van der Waals surface area contributed by atoms with Gasteiger partial charge >= 0.3 is 5.69 Å². The Balaban J connectivity index is 1.81. The topological polar surface area (TPSA) is 75.1 Å². The number of hydrogen-bond acceptors (Lipinski definition) is 4. The highest BCUT2D eigenvalue weighted by Gasteiger charge is 2.30. The molecule has 1 saturated carbocycles. The van der Waals surface area contributed by atoms with Crippen LogP contribution in [0.1, 0.15) is 33.1 Å². The van der Waals surface area contributed by atoms with Crippen LogP contribution in [0.5, 0.6) is 0 Å². The summed E-state index contributed by atoms with van der Waals surface area (Å²) in [7, 11) is 0. The number of rotatable bonds is 2. The third-order valence-electron chi connectivity index (χ3n) is 3.63. The summed E-state index contributed by atoms with van der Waals surface area (Å²) in [6.45, 7) is 4.58. The number of nitrogens with zero attached hydrogens (tertiary/aromatic N) is 3. The molecule has 0 aliphatic heterocycles. The first-order valence-corrected chi connectivity index (χ1v) is 6.23. The summed E-state index contributed by atoms with van der Waals surface area (Å²) in [5.74, 6) is 0.782. The Morgan fingerprint density at radius 2 is 2.39 bits per heavy atom. The van der Waals surface area contributed by atoms with E-state index in [1.54, 1.807) is 6.07 Å². The minimum atomic E-state index is -0.258. The number of nitrogens with one attached hydrogen (secondary N) is 2. The van der Waals surface area contributed by atoms with E-state index in [0.29, 0.717) is 17.1 Å². The first-order chi connectivity index (χ1) is 8.53. The van der Waals surface area contributed by atoms with Crippen molar-refractivity contribution in [3.8, 4) is 0 Å². The number of aromatic nitrogens is 4. The average molecular weight is 247 g/mol. The third kappa shape index (κ3) is 1.98. The van der Waals surface area contributed by atoms with Gasteiger partial charge < -0.3 is 5.32 Å². The molecule has 1 atom stereocenters. The smallest absolute Gasteiger partial charge is 0.348 e. The summed E-state index contributed by atoms with van der Waals surface area (Å²) in [4.78, 5) is 15.5. The summed E-state index contributed by atoms with van der Waals surface area (Å²) in [5.41, 5.74) is 0.742. The molecule has 96 valence electrons. The van der Waals surface area contributed by atoms with E-state index in [1.165, 1.54) is 17.1 Å². The van der Waals surface area contributed by atoms with Gasteiger partial charge in [-0.2, -0.15) is 5.10 Å². The van der Waals surface area contributed by atoms with Crippen LogP contribution in [-0.2, 0) is 0 Å². The summed E-state index contributed by atoms with van der Waals surface area (Å²) in [6.07, 6.45) is 5.04. The zero-order chi connectivity index (χ0) is 12.8. The second kappa shape index (κ2) is 3.83. The molecule has 0 amide bonds. The number of anilines is 1. The lowest BCUT2D eigenvalue weighted by Crippen LogP contribution is -2.19. The van der Waals surface area contributed by atoms with Crippen LogP contribution in [0, 0.1) is 5.41 Å². The molecule has 0 bridgehead atoms. The maximum Gasteiger partial charge on any atom is 0.348 e. The minimum absolute atomic E-state index is 0.258. The molecular weight excluding hydrogens is 230 g/mol. The van der Waals surface area contributed by atoms with E-state index in [-0.39, 0.29) is 5.69 Å². The van der Waals surface area contributed by atoms with Crippen LogP contribution in [-0.4, -0.2) is 25.6 Å². The van der Waals surface area contributed by atoms with E-state index >= 15 is 0 Å². The maximum atomic E-state index is 11.3. The second-order valence-electron chi connectivity index (χ2n) is 5.78. The lowest BCUT2D eigenvalue weighted by molar-refractivity contribution is 0.378. The van der Waals surface area contributed by atoms with E-state index in [2.05, 4.69) is 34.3 Å². The van der Waals surface area contributed by atoms with Crippen LogP contribution in [0.2, 0.25) is 0 Å². The van der Waals surface area contributed by atoms with E-state index < -0.39 is 0 Å². The van der Waals surface area contributed by atoms with Crippen LogP contribution in [0.4, 0.5) is 5.82 Å². The third-order valence-corrected chi connectivity index (χ3v) is 3.63. The number of H-pyrrole nitrogens is 1. The van der Waals surface area contributed by atoms with Crippen molar-refractivity contribution in [3.63, 3.8) is 0 Å². The molecule has 0 radical (unpaired) electrons. The molecule has 2 aromatic rings. The summed E-state index contributed by atoms with van der Waals surface area (Å²) in [5, 5.41) is 9.75. The number of hydrogen-bond donors (Lipinski definition) is 2. The first-order valence-electron chi connectivity index (χ1n) is 6.23. The molecule has 2 N–H and O–H groups in total. The average Bonchev–Trinajstić information content (AvgIpc) is 2.83. The fraction of sp³-hybridized carbons (Fsp3) is 0.583. The van der Waals surface area contributed by atoms with Gasteiger partial charge in [-0.1, -0.05) is 13.8 Å². The van der Waals surface area contributed by atoms with Crippen molar-refractivity contribution >= 4 is 11.5 Å². The molecule has 1 unspecified atom stereocenters. The predicted octanol–water partition coefficient (Wildman–Crippen LogP) is 1.41. The van der Waals surface area contributed by atoms with Gasteiger partial charge in [-0.25, -0.2) is 19.3 Å². The molecule has 6 heteroatoms. The summed E-state index contributed by atoms with van der Waals surface area (Å²) < 4.78 is 1.39. The Bertz CT molecular complexity index is 627. The largest absolute Gasteiger partial charge is 0.367 e. The Hall–Kier alpha value is -1.85. The molecule has 6 nitrogen and oxygen atoms in total. The van der Waals surface area contributed by atoms with Crippen molar-refractivity contribution in [2.45, 2.75) is 39.2 Å². The van der Waals surface area contributed by atoms with E-state index in [0.717, 1.165) is 18.7 Å². The van der Waals surface area contributed by atoms with E-state index in [1.807, 2.05) is 0 Å². The van der Waals surface area contributed by atoms with Gasteiger partial charge in [-0.05, 0) is 24.7 Å². The monoisotopic (exact) mass is 247 g/mol. The second-order valence-corrected chi connectivity index (χ2v) is 5.78. The van der Waals surface area contributed by atoms with Crippen molar-refractivity contribution in [1.29, 1.82) is 0 Å². The molecule has 2 aromatic heterocycles. The van der Waals surface area contributed by atoms with Gasteiger partial charge in [0.1, 0.15) is 12.1 Å². The number of aromatic amines is 1. The minimum Gasteiger partial charge on any atom is -0.367 e. The van der Waals surface area contributed by atoms with Gasteiger partial charge in [0.05, 0.1) is 0 Å². The van der Waals surface area contributed by atoms with Gasteiger partial charge in [0.25, 0.3) is 0 Å². The Kier molecular flexibility index (Phi) is 2.39. The SMILES string of the molecule is CC1(C)CCC(Nc2cc3n[nH]c(=O)n3cn2)C1. The predicted molar refractivity (Wildman–Crippen MR) is 68.7 cm³/mol. The van der Waals surface area contributed by atoms with Gasteiger partial charge in [0, 0.05) is 12.1 Å². The molecule has 3 rings (SSSR count). The Morgan fingerprint density at radius 1 is 1.56 bits per heavy atom. The quantitative estimate of drug-likeness (QED) is 0.841.